The molecule has 2 aromatic carbocycles. The summed E-state index contributed by atoms with van der Waals surface area (Å²) in [5.41, 5.74) is 0.0781. The van der Waals surface area contributed by atoms with Crippen LogP contribution < -0.4 is 5.32 Å². The van der Waals surface area contributed by atoms with Crippen molar-refractivity contribution in [2.45, 2.75) is 13.0 Å². The average Bonchev–Trinajstić information content (AvgIpc) is 2.55. The Labute approximate surface area is 145 Å². The van der Waals surface area contributed by atoms with Crippen LogP contribution in [-0.2, 0) is 9.53 Å². The van der Waals surface area contributed by atoms with Gasteiger partial charge in [0.1, 0.15) is 5.69 Å². The van der Waals surface area contributed by atoms with Gasteiger partial charge in [-0.25, -0.2) is 4.79 Å². The van der Waals surface area contributed by atoms with Crippen molar-refractivity contribution in [2.24, 2.45) is 0 Å². The SMILES string of the molecule is C[C@H](OC(=O)c1ccccc1Br)C(=O)Nc1ccccc1[N+](=O)[O-]. The van der Waals surface area contributed by atoms with E-state index in [1.807, 2.05) is 0 Å². The Morgan fingerprint density at radius 1 is 1.17 bits per heavy atom. The fourth-order valence-corrected chi connectivity index (χ4v) is 2.32. The van der Waals surface area contributed by atoms with Gasteiger partial charge < -0.3 is 10.1 Å². The Balaban J connectivity index is 2.07. The molecule has 1 amide bonds. The number of esters is 1. The van der Waals surface area contributed by atoms with E-state index in [1.54, 1.807) is 30.3 Å². The number of nitro benzene ring substituents is 1. The summed E-state index contributed by atoms with van der Waals surface area (Å²) in [5.74, 6) is -1.34. The highest BCUT2D eigenvalue weighted by Gasteiger charge is 2.22. The maximum Gasteiger partial charge on any atom is 0.340 e. The summed E-state index contributed by atoms with van der Waals surface area (Å²) in [6.45, 7) is 1.39. The number of nitro groups is 1. The van der Waals surface area contributed by atoms with Gasteiger partial charge >= 0.3 is 5.97 Å². The summed E-state index contributed by atoms with van der Waals surface area (Å²) in [7, 11) is 0. The van der Waals surface area contributed by atoms with Crippen LogP contribution >= 0.6 is 15.9 Å². The normalized spacial score (nSPS) is 11.4. The number of para-hydroxylation sites is 2. The quantitative estimate of drug-likeness (QED) is 0.476. The van der Waals surface area contributed by atoms with Gasteiger partial charge in [-0.1, -0.05) is 24.3 Å². The molecule has 0 saturated carbocycles. The van der Waals surface area contributed by atoms with Gasteiger partial charge in [0.05, 0.1) is 10.5 Å². The summed E-state index contributed by atoms with van der Waals surface area (Å²) in [6.07, 6.45) is -1.12. The van der Waals surface area contributed by atoms with Gasteiger partial charge in [0.25, 0.3) is 11.6 Å². The molecule has 0 aliphatic carbocycles. The highest BCUT2D eigenvalue weighted by atomic mass is 79.9. The molecule has 124 valence electrons. The monoisotopic (exact) mass is 392 g/mol. The fraction of sp³-hybridized carbons (Fsp3) is 0.125. The highest BCUT2D eigenvalue weighted by molar-refractivity contribution is 9.10. The number of nitrogens with zero attached hydrogens (tertiary/aromatic N) is 1. The van der Waals surface area contributed by atoms with E-state index in [-0.39, 0.29) is 16.9 Å². The number of benzene rings is 2. The van der Waals surface area contributed by atoms with Gasteiger partial charge in [0.15, 0.2) is 6.10 Å². The Bertz CT molecular complexity index is 794. The molecule has 0 heterocycles. The molecular formula is C16H13BrN2O5. The number of nitrogens with one attached hydrogen (secondary N) is 1. The number of ether oxygens (including phenoxy) is 1. The molecule has 0 spiro atoms. The second-order valence-electron chi connectivity index (χ2n) is 4.79. The van der Waals surface area contributed by atoms with E-state index in [0.717, 1.165) is 0 Å². The van der Waals surface area contributed by atoms with Crippen LogP contribution in [0.25, 0.3) is 0 Å². The number of amides is 1. The Kier molecular flexibility index (Phi) is 5.64. The number of carbonyl (C=O) groups is 2. The zero-order valence-corrected chi connectivity index (χ0v) is 14.1. The maximum absolute atomic E-state index is 12.1. The third-order valence-corrected chi connectivity index (χ3v) is 3.80. The predicted molar refractivity (Wildman–Crippen MR) is 90.7 cm³/mol. The summed E-state index contributed by atoms with van der Waals surface area (Å²) in [6, 6.07) is 12.4. The van der Waals surface area contributed by atoms with Crippen LogP contribution in [0.1, 0.15) is 17.3 Å². The molecule has 0 unspecified atom stereocenters. The summed E-state index contributed by atoms with van der Waals surface area (Å²) >= 11 is 3.23. The minimum atomic E-state index is -1.12. The van der Waals surface area contributed by atoms with Crippen molar-refractivity contribution in [3.8, 4) is 0 Å². The van der Waals surface area contributed by atoms with Gasteiger partial charge in [-0.15, -0.1) is 0 Å². The lowest BCUT2D eigenvalue weighted by Crippen LogP contribution is -2.30. The third kappa shape index (κ3) is 4.17. The molecule has 0 radical (unpaired) electrons. The molecule has 0 saturated heterocycles. The minimum Gasteiger partial charge on any atom is -0.449 e. The molecule has 0 aliphatic heterocycles. The van der Waals surface area contributed by atoms with Gasteiger partial charge in [-0.05, 0) is 41.1 Å². The predicted octanol–water partition coefficient (Wildman–Crippen LogP) is 3.54. The molecule has 2 rings (SSSR count). The third-order valence-electron chi connectivity index (χ3n) is 3.11. The summed E-state index contributed by atoms with van der Waals surface area (Å²) in [5, 5.41) is 13.3. The van der Waals surface area contributed by atoms with Crippen molar-refractivity contribution in [3.63, 3.8) is 0 Å². The number of hydrogen-bond acceptors (Lipinski definition) is 5. The molecule has 0 aliphatic rings. The number of rotatable bonds is 5. The van der Waals surface area contributed by atoms with E-state index in [9.17, 15) is 19.7 Å². The smallest absolute Gasteiger partial charge is 0.340 e. The topological polar surface area (TPSA) is 98.5 Å². The molecule has 7 nitrogen and oxygen atoms in total. The molecule has 24 heavy (non-hydrogen) atoms. The van der Waals surface area contributed by atoms with Crippen molar-refractivity contribution in [1.82, 2.24) is 0 Å². The largest absolute Gasteiger partial charge is 0.449 e. The first kappa shape index (κ1) is 17.6. The summed E-state index contributed by atoms with van der Waals surface area (Å²) < 4.78 is 5.64. The van der Waals surface area contributed by atoms with Crippen LogP contribution in [0.5, 0.6) is 0 Å². The van der Waals surface area contributed by atoms with E-state index in [4.69, 9.17) is 4.74 Å². The second-order valence-corrected chi connectivity index (χ2v) is 5.65. The Hall–Kier alpha value is -2.74. The van der Waals surface area contributed by atoms with Gasteiger partial charge in [-0.2, -0.15) is 0 Å². The first-order valence-corrected chi connectivity index (χ1v) is 7.69. The van der Waals surface area contributed by atoms with Gasteiger partial charge in [0, 0.05) is 10.5 Å². The van der Waals surface area contributed by atoms with Crippen LogP contribution in [0.4, 0.5) is 11.4 Å². The first-order chi connectivity index (χ1) is 11.4. The second kappa shape index (κ2) is 7.69. The lowest BCUT2D eigenvalue weighted by atomic mass is 10.2. The van der Waals surface area contributed by atoms with Crippen molar-refractivity contribution in [1.29, 1.82) is 0 Å². The molecule has 0 aromatic heterocycles. The lowest BCUT2D eigenvalue weighted by Gasteiger charge is -2.14. The van der Waals surface area contributed by atoms with Crippen molar-refractivity contribution in [3.05, 3.63) is 68.7 Å². The van der Waals surface area contributed by atoms with Crippen LogP contribution in [-0.4, -0.2) is 22.9 Å². The van der Waals surface area contributed by atoms with E-state index in [2.05, 4.69) is 21.2 Å². The van der Waals surface area contributed by atoms with Gasteiger partial charge in [0.2, 0.25) is 0 Å². The molecule has 8 heteroatoms. The minimum absolute atomic E-state index is 0.0382. The van der Waals surface area contributed by atoms with E-state index in [1.165, 1.54) is 25.1 Å². The van der Waals surface area contributed by atoms with Crippen LogP contribution in [0.2, 0.25) is 0 Å². The van der Waals surface area contributed by atoms with E-state index in [0.29, 0.717) is 4.47 Å². The summed E-state index contributed by atoms with van der Waals surface area (Å²) in [4.78, 5) is 34.5. The molecule has 0 bridgehead atoms. The average molecular weight is 393 g/mol. The van der Waals surface area contributed by atoms with Crippen LogP contribution in [0, 0.1) is 10.1 Å². The van der Waals surface area contributed by atoms with Crippen LogP contribution in [0.3, 0.4) is 0 Å². The Morgan fingerprint density at radius 3 is 2.46 bits per heavy atom. The molecule has 2 aromatic rings. The first-order valence-electron chi connectivity index (χ1n) is 6.90. The zero-order valence-electron chi connectivity index (χ0n) is 12.6. The van der Waals surface area contributed by atoms with Crippen molar-refractivity contribution >= 4 is 39.2 Å². The van der Waals surface area contributed by atoms with E-state index < -0.39 is 22.9 Å². The number of anilines is 1. The number of halogens is 1. The molecule has 0 fully saturated rings. The van der Waals surface area contributed by atoms with Crippen molar-refractivity contribution in [2.75, 3.05) is 5.32 Å². The Morgan fingerprint density at radius 2 is 1.79 bits per heavy atom. The zero-order chi connectivity index (χ0) is 17.7. The maximum atomic E-state index is 12.1. The van der Waals surface area contributed by atoms with Crippen molar-refractivity contribution < 1.29 is 19.2 Å². The van der Waals surface area contributed by atoms with Crippen LogP contribution in [0.15, 0.2) is 53.0 Å². The number of hydrogen-bond donors (Lipinski definition) is 1. The highest BCUT2D eigenvalue weighted by Crippen LogP contribution is 2.23. The molecule has 1 atom stereocenters. The van der Waals surface area contributed by atoms with E-state index >= 15 is 0 Å². The number of carbonyl (C=O) groups excluding carboxylic acids is 2. The lowest BCUT2D eigenvalue weighted by molar-refractivity contribution is -0.383. The van der Waals surface area contributed by atoms with Gasteiger partial charge in [-0.3, -0.25) is 14.9 Å². The standard InChI is InChI=1S/C16H13BrN2O5/c1-10(24-16(21)11-6-2-3-7-12(11)17)15(20)18-13-8-4-5-9-14(13)19(22)23/h2-10H,1H3,(H,18,20)/t10-/m0/s1. The fourth-order valence-electron chi connectivity index (χ4n) is 1.88. The molecular weight excluding hydrogens is 380 g/mol. The molecule has 1 N–H and O–H groups in total.